The van der Waals surface area contributed by atoms with Crippen molar-refractivity contribution >= 4 is 20.4 Å². The summed E-state index contributed by atoms with van der Waals surface area (Å²) in [7, 11) is -8.97. The molecule has 0 saturated carbocycles. The van der Waals surface area contributed by atoms with Gasteiger partial charge in [-0.2, -0.15) is 0 Å². The van der Waals surface area contributed by atoms with Crippen molar-refractivity contribution in [1.82, 2.24) is 0 Å². The Morgan fingerprint density at radius 1 is 0.944 bits per heavy atom. The normalized spacial score (nSPS) is 15.0. The molecular weight excluding hydrogens is 301 g/mol. The van der Waals surface area contributed by atoms with Crippen LogP contribution in [0, 0.1) is 13.8 Å². The van der Waals surface area contributed by atoms with E-state index in [1.54, 1.807) is 7.11 Å². The summed E-state index contributed by atoms with van der Waals surface area (Å²) < 4.78 is 64.4. The molecule has 0 aliphatic carbocycles. The van der Waals surface area contributed by atoms with Gasteiger partial charge in [0, 0.05) is 5.56 Å². The zero-order chi connectivity index (χ0) is 14.8. The van der Waals surface area contributed by atoms with Crippen LogP contribution in [0.3, 0.4) is 0 Å². The monoisotopic (exact) mass is 314 g/mol. The van der Waals surface area contributed by atoms with E-state index in [1.807, 2.05) is 12.1 Å². The van der Waals surface area contributed by atoms with Gasteiger partial charge >= 0.3 is 33.0 Å². The van der Waals surface area contributed by atoms with Crippen LogP contribution in [0.2, 0.25) is 0 Å². The van der Waals surface area contributed by atoms with Crippen LogP contribution in [0.15, 0.2) is 17.0 Å². The molecule has 0 aromatic heterocycles. The number of benzene rings is 1. The van der Waals surface area contributed by atoms with E-state index in [0.717, 1.165) is 10.6 Å². The van der Waals surface area contributed by atoms with E-state index in [1.165, 1.54) is 11.1 Å². The number of hydrogen-bond donors (Lipinski definition) is 0. The Hall–Kier alpha value is -0.620. The first kappa shape index (κ1) is 17.4. The maximum atomic E-state index is 9.87. The second-order valence-corrected chi connectivity index (χ2v) is 5.98. The van der Waals surface area contributed by atoms with Crippen molar-refractivity contribution < 1.29 is 29.9 Å². The molecule has 1 rings (SSSR count). The van der Waals surface area contributed by atoms with Gasteiger partial charge in [-0.25, -0.2) is 0 Å². The van der Waals surface area contributed by atoms with Crippen LogP contribution in [0.5, 0.6) is 5.75 Å². The molecule has 9 heteroatoms. The molecule has 108 valence electrons. The Bertz CT molecular complexity index is 430. The second kappa shape index (κ2) is 4.49. The van der Waals surface area contributed by atoms with Crippen molar-refractivity contribution in [2.75, 3.05) is 7.11 Å². The molecule has 0 aliphatic heterocycles. The van der Waals surface area contributed by atoms with Crippen LogP contribution in [0.4, 0.5) is 25.2 Å². The quantitative estimate of drug-likeness (QED) is 0.400. The summed E-state index contributed by atoms with van der Waals surface area (Å²) in [4.78, 5) is 1.13. The third kappa shape index (κ3) is 9.41. The minimum absolute atomic E-state index is 0.949. The van der Waals surface area contributed by atoms with Crippen LogP contribution in [-0.2, 0) is 12.6 Å². The van der Waals surface area contributed by atoms with Crippen molar-refractivity contribution in [2.24, 2.45) is 0 Å². The standard InChI is InChI=1S/C9H12OS.F6P/c1-6-7(2)9(11)5-4-8(6)10-3;1-7(2,3,4,5)6/h4-5,11H,1-3H3;/q;-1/p+1. The van der Waals surface area contributed by atoms with Gasteiger partial charge in [-0.1, -0.05) is 0 Å². The van der Waals surface area contributed by atoms with Gasteiger partial charge in [0.25, 0.3) is 0 Å². The SMILES string of the molecule is COc1ccc([SH2+])c(C)c1C.F[P-](F)(F)(F)(F)F. The average Bonchev–Trinajstić information content (AvgIpc) is 2.10. The summed E-state index contributed by atoms with van der Waals surface area (Å²) >= 11 is 3.50. The molecule has 0 N–H and O–H groups in total. The molecule has 0 atom stereocenters. The number of hydrogen-bond acceptors (Lipinski definition) is 1. The Morgan fingerprint density at radius 3 is 1.67 bits per heavy atom. The third-order valence-corrected chi connectivity index (χ3v) is 2.50. The average molecular weight is 314 g/mol. The maximum absolute atomic E-state index is 10.7. The van der Waals surface area contributed by atoms with E-state index in [0.29, 0.717) is 0 Å². The van der Waals surface area contributed by atoms with Gasteiger partial charge in [0.1, 0.15) is 5.75 Å². The van der Waals surface area contributed by atoms with E-state index in [-0.39, 0.29) is 0 Å². The Balaban J connectivity index is 0.000000360. The molecule has 18 heavy (non-hydrogen) atoms. The zero-order valence-electron chi connectivity index (χ0n) is 9.78. The zero-order valence-corrected chi connectivity index (χ0v) is 11.7. The van der Waals surface area contributed by atoms with Gasteiger partial charge in [-0.05, 0) is 44.2 Å². The van der Waals surface area contributed by atoms with Crippen molar-refractivity contribution in [3.8, 4) is 5.75 Å². The van der Waals surface area contributed by atoms with E-state index in [2.05, 4.69) is 26.5 Å². The fraction of sp³-hybridized carbons (Fsp3) is 0.333. The van der Waals surface area contributed by atoms with Gasteiger partial charge in [0.2, 0.25) is 0 Å². The molecule has 0 unspecified atom stereocenters. The predicted octanol–water partition coefficient (Wildman–Crippen LogP) is 5.06. The molecule has 0 aliphatic rings. The van der Waals surface area contributed by atoms with Crippen molar-refractivity contribution in [1.29, 1.82) is 0 Å². The number of methoxy groups -OCH3 is 1. The molecule has 1 aromatic carbocycles. The molecule has 0 bridgehead atoms. The number of rotatable bonds is 1. The molecule has 0 saturated heterocycles. The van der Waals surface area contributed by atoms with Gasteiger partial charge in [0.05, 0.1) is 7.11 Å². The fourth-order valence-electron chi connectivity index (χ4n) is 1.02. The third-order valence-electron chi connectivity index (χ3n) is 1.96. The summed E-state index contributed by atoms with van der Waals surface area (Å²) in [6, 6.07) is 3.96. The van der Waals surface area contributed by atoms with Gasteiger partial charge in [0.15, 0.2) is 4.90 Å². The van der Waals surface area contributed by atoms with Crippen LogP contribution in [0.1, 0.15) is 11.1 Å². The summed E-state index contributed by atoms with van der Waals surface area (Å²) in [5.41, 5.74) is 2.43. The topological polar surface area (TPSA) is 9.23 Å². The van der Waals surface area contributed by atoms with E-state index < -0.39 is 7.81 Å². The summed E-state index contributed by atoms with van der Waals surface area (Å²) in [5, 5.41) is 0. The summed E-state index contributed by atoms with van der Waals surface area (Å²) in [5.74, 6) is 0.949. The Labute approximate surface area is 106 Å². The van der Waals surface area contributed by atoms with Crippen LogP contribution >= 0.6 is 7.81 Å². The van der Waals surface area contributed by atoms with Crippen LogP contribution < -0.4 is 4.74 Å². The molecule has 0 amide bonds. The molecule has 0 spiro atoms. The first-order valence-corrected chi connectivity index (χ1v) is 7.07. The van der Waals surface area contributed by atoms with E-state index in [9.17, 15) is 25.2 Å². The first-order valence-electron chi connectivity index (χ1n) is 4.54. The number of halogens is 6. The predicted molar refractivity (Wildman–Crippen MR) is 64.5 cm³/mol. The van der Waals surface area contributed by atoms with Crippen LogP contribution in [-0.4, -0.2) is 7.11 Å². The fourth-order valence-corrected chi connectivity index (χ4v) is 1.29. The number of ether oxygens (including phenoxy) is 1. The Kier molecular flexibility index (Phi) is 4.33. The van der Waals surface area contributed by atoms with E-state index in [4.69, 9.17) is 4.74 Å². The van der Waals surface area contributed by atoms with Gasteiger partial charge in [-0.15, -0.1) is 0 Å². The first-order chi connectivity index (χ1) is 7.61. The van der Waals surface area contributed by atoms with Crippen molar-refractivity contribution in [2.45, 2.75) is 18.7 Å². The van der Waals surface area contributed by atoms with E-state index >= 15 is 0 Å². The molecular formula is C9H13F6OPS. The van der Waals surface area contributed by atoms with Crippen molar-refractivity contribution in [3.63, 3.8) is 0 Å². The molecule has 1 aromatic rings. The van der Waals surface area contributed by atoms with Crippen molar-refractivity contribution in [3.05, 3.63) is 23.3 Å². The van der Waals surface area contributed by atoms with Gasteiger partial charge in [-0.3, -0.25) is 0 Å². The second-order valence-electron chi connectivity index (χ2n) is 3.52. The van der Waals surface area contributed by atoms with Crippen LogP contribution in [0.25, 0.3) is 0 Å². The molecule has 0 fully saturated rings. The summed E-state index contributed by atoms with van der Waals surface area (Å²) in [6.45, 7) is 4.12. The molecule has 0 radical (unpaired) electrons. The minimum atomic E-state index is -10.7. The molecule has 1 nitrogen and oxygen atoms in total. The summed E-state index contributed by atoms with van der Waals surface area (Å²) in [6.07, 6.45) is 0. The van der Waals surface area contributed by atoms with Gasteiger partial charge < -0.3 is 4.74 Å². The molecule has 0 heterocycles. The Morgan fingerprint density at radius 2 is 1.33 bits per heavy atom.